The van der Waals surface area contributed by atoms with E-state index in [2.05, 4.69) is 33.9 Å². The van der Waals surface area contributed by atoms with E-state index < -0.39 is 20.0 Å². The van der Waals surface area contributed by atoms with Gasteiger partial charge in [0.15, 0.2) is 13.9 Å². The Hall–Kier alpha value is -0.433. The molecule has 128 valence electrons. The van der Waals surface area contributed by atoms with Crippen LogP contribution in [0.3, 0.4) is 0 Å². The first-order chi connectivity index (χ1) is 9.91. The minimum absolute atomic E-state index is 0.0275. The predicted octanol–water partition coefficient (Wildman–Crippen LogP) is 2.48. The molecule has 0 aliphatic carbocycles. The van der Waals surface area contributed by atoms with Gasteiger partial charge in [-0.15, -0.1) is 0 Å². The summed E-state index contributed by atoms with van der Waals surface area (Å²) >= 11 is 0. The fraction of sp³-hybridized carbons (Fsp3) is 0.938. The lowest BCUT2D eigenvalue weighted by Crippen LogP contribution is -2.59. The second-order valence-corrected chi connectivity index (χ2v) is 13.1. The molecule has 2 saturated heterocycles. The van der Waals surface area contributed by atoms with Crippen LogP contribution in [0.15, 0.2) is 0 Å². The molecule has 0 unspecified atom stereocenters. The number of esters is 1. The van der Waals surface area contributed by atoms with Crippen LogP contribution in [0.2, 0.25) is 18.1 Å². The van der Waals surface area contributed by atoms with Crippen molar-refractivity contribution in [1.29, 1.82) is 0 Å². The van der Waals surface area contributed by atoms with E-state index in [1.165, 1.54) is 6.92 Å². The fourth-order valence-corrected chi connectivity index (χ4v) is 4.51. The second-order valence-electron chi connectivity index (χ2n) is 8.30. The SMILES string of the molecule is CC(=O)OC[C@@]12O[C@@H](C[C@@H]1O[Si](C)(C)C(C)(C)C)[C@H](C)[C@@H]2O. The molecule has 0 saturated carbocycles. The number of rotatable bonds is 4. The van der Waals surface area contributed by atoms with Crippen LogP contribution >= 0.6 is 0 Å². The smallest absolute Gasteiger partial charge is 0.302 e. The summed E-state index contributed by atoms with van der Waals surface area (Å²) in [6.45, 7) is 14.3. The van der Waals surface area contributed by atoms with Crippen molar-refractivity contribution >= 4 is 14.3 Å². The summed E-state index contributed by atoms with van der Waals surface area (Å²) in [5.74, 6) is -0.325. The molecule has 0 aromatic rings. The Morgan fingerprint density at radius 2 is 2.00 bits per heavy atom. The molecule has 2 aliphatic heterocycles. The summed E-state index contributed by atoms with van der Waals surface area (Å²) in [7, 11) is -1.99. The van der Waals surface area contributed by atoms with Crippen molar-refractivity contribution < 1.29 is 23.8 Å². The van der Waals surface area contributed by atoms with Crippen LogP contribution in [0.25, 0.3) is 0 Å². The zero-order valence-electron chi connectivity index (χ0n) is 14.8. The Kier molecular flexibility index (Phi) is 4.54. The Labute approximate surface area is 134 Å². The number of hydrogen-bond acceptors (Lipinski definition) is 5. The third-order valence-electron chi connectivity index (χ3n) is 5.69. The maximum atomic E-state index is 11.2. The molecule has 0 radical (unpaired) electrons. The van der Waals surface area contributed by atoms with Crippen molar-refractivity contribution in [2.45, 2.75) is 83.1 Å². The molecule has 5 nitrogen and oxygen atoms in total. The summed E-state index contributed by atoms with van der Waals surface area (Å²) in [5.41, 5.74) is -0.911. The Bertz CT molecular complexity index is 444. The third kappa shape index (κ3) is 2.86. The van der Waals surface area contributed by atoms with Gasteiger partial charge in [-0.3, -0.25) is 4.79 Å². The van der Waals surface area contributed by atoms with Crippen LogP contribution in [0.5, 0.6) is 0 Å². The normalized spacial score (nSPS) is 38.4. The third-order valence-corrected chi connectivity index (χ3v) is 10.2. The zero-order chi connectivity index (χ0) is 16.9. The van der Waals surface area contributed by atoms with Crippen LogP contribution in [-0.2, 0) is 18.7 Å². The minimum Gasteiger partial charge on any atom is -0.463 e. The van der Waals surface area contributed by atoms with E-state index in [0.717, 1.165) is 6.42 Å². The highest BCUT2D eigenvalue weighted by Crippen LogP contribution is 2.51. The molecule has 0 amide bonds. The maximum Gasteiger partial charge on any atom is 0.302 e. The summed E-state index contributed by atoms with van der Waals surface area (Å²) in [6.07, 6.45) is -0.156. The van der Waals surface area contributed by atoms with Gasteiger partial charge in [0.1, 0.15) is 6.61 Å². The number of ether oxygens (including phenoxy) is 2. The minimum atomic E-state index is -1.99. The molecule has 0 spiro atoms. The highest BCUT2D eigenvalue weighted by atomic mass is 28.4. The average molecular weight is 330 g/mol. The molecule has 6 heteroatoms. The van der Waals surface area contributed by atoms with Gasteiger partial charge in [0.25, 0.3) is 0 Å². The quantitative estimate of drug-likeness (QED) is 0.634. The highest BCUT2D eigenvalue weighted by molar-refractivity contribution is 6.74. The molecule has 2 fully saturated rings. The predicted molar refractivity (Wildman–Crippen MR) is 86.1 cm³/mol. The summed E-state index contributed by atoms with van der Waals surface area (Å²) in [4.78, 5) is 11.2. The summed E-state index contributed by atoms with van der Waals surface area (Å²) < 4.78 is 17.8. The Balaban J connectivity index is 2.22. The van der Waals surface area contributed by atoms with Gasteiger partial charge in [-0.2, -0.15) is 0 Å². The maximum absolute atomic E-state index is 11.2. The molecule has 1 N–H and O–H groups in total. The fourth-order valence-electron chi connectivity index (χ4n) is 3.15. The monoisotopic (exact) mass is 330 g/mol. The van der Waals surface area contributed by atoms with Crippen molar-refractivity contribution in [3.8, 4) is 0 Å². The molecular formula is C16H30O5Si. The average Bonchev–Trinajstić information content (AvgIpc) is 2.82. The molecule has 0 aromatic heterocycles. The number of carbonyl (C=O) groups excluding carboxylic acids is 1. The van der Waals surface area contributed by atoms with Crippen molar-refractivity contribution in [1.82, 2.24) is 0 Å². The zero-order valence-corrected chi connectivity index (χ0v) is 15.8. The van der Waals surface area contributed by atoms with Gasteiger partial charge in [0.2, 0.25) is 0 Å². The number of fused-ring (bicyclic) bond motifs is 2. The van der Waals surface area contributed by atoms with E-state index in [-0.39, 0.29) is 35.7 Å². The molecule has 2 rings (SSSR count). The van der Waals surface area contributed by atoms with Crippen LogP contribution < -0.4 is 0 Å². The van der Waals surface area contributed by atoms with E-state index >= 15 is 0 Å². The standard InChI is InChI=1S/C16H30O5Si/c1-10-12-8-13(21-22(6,7)15(3,4)5)16(20-12,14(10)18)9-19-11(2)17/h10,12-14,18H,8-9H2,1-7H3/t10-,12-,13-,14-,16+/m0/s1. The molecule has 2 heterocycles. The van der Waals surface area contributed by atoms with Gasteiger partial charge in [-0.25, -0.2) is 0 Å². The molecule has 22 heavy (non-hydrogen) atoms. The topological polar surface area (TPSA) is 65.0 Å². The van der Waals surface area contributed by atoms with E-state index in [0.29, 0.717) is 0 Å². The largest absolute Gasteiger partial charge is 0.463 e. The van der Waals surface area contributed by atoms with Crippen LogP contribution in [0.1, 0.15) is 41.0 Å². The van der Waals surface area contributed by atoms with E-state index in [4.69, 9.17) is 13.9 Å². The van der Waals surface area contributed by atoms with Crippen LogP contribution in [-0.4, -0.2) is 49.9 Å². The number of aliphatic hydroxyl groups excluding tert-OH is 1. The van der Waals surface area contributed by atoms with Crippen molar-refractivity contribution in [3.05, 3.63) is 0 Å². The number of aliphatic hydroxyl groups is 1. The lowest BCUT2D eigenvalue weighted by molar-refractivity contribution is -0.163. The van der Waals surface area contributed by atoms with Gasteiger partial charge in [0.05, 0.1) is 18.3 Å². The Morgan fingerprint density at radius 1 is 1.41 bits per heavy atom. The molecular weight excluding hydrogens is 300 g/mol. The first-order valence-corrected chi connectivity index (χ1v) is 11.0. The van der Waals surface area contributed by atoms with Gasteiger partial charge in [-0.1, -0.05) is 27.7 Å². The van der Waals surface area contributed by atoms with Crippen molar-refractivity contribution in [2.24, 2.45) is 5.92 Å². The molecule has 0 aromatic carbocycles. The first kappa shape index (κ1) is 17.9. The first-order valence-electron chi connectivity index (χ1n) is 8.08. The van der Waals surface area contributed by atoms with E-state index in [1.54, 1.807) is 0 Å². The molecule has 2 bridgehead atoms. The van der Waals surface area contributed by atoms with Crippen LogP contribution in [0, 0.1) is 5.92 Å². The summed E-state index contributed by atoms with van der Waals surface area (Å²) in [6, 6.07) is 0. The van der Waals surface area contributed by atoms with Crippen LogP contribution in [0.4, 0.5) is 0 Å². The van der Waals surface area contributed by atoms with Gasteiger partial charge in [0, 0.05) is 19.3 Å². The van der Waals surface area contributed by atoms with Gasteiger partial charge >= 0.3 is 5.97 Å². The molecule has 2 aliphatic rings. The van der Waals surface area contributed by atoms with Gasteiger partial charge in [-0.05, 0) is 18.1 Å². The number of carbonyl (C=O) groups is 1. The van der Waals surface area contributed by atoms with E-state index in [9.17, 15) is 9.90 Å². The van der Waals surface area contributed by atoms with Gasteiger partial charge < -0.3 is 19.0 Å². The van der Waals surface area contributed by atoms with E-state index in [1.807, 2.05) is 6.92 Å². The lowest BCUT2D eigenvalue weighted by Gasteiger charge is -2.44. The second kappa shape index (κ2) is 5.58. The summed E-state index contributed by atoms with van der Waals surface area (Å²) in [5, 5.41) is 10.7. The molecule has 5 atom stereocenters. The van der Waals surface area contributed by atoms with Crippen molar-refractivity contribution in [3.63, 3.8) is 0 Å². The number of hydrogen-bond donors (Lipinski definition) is 1. The lowest BCUT2D eigenvalue weighted by atomic mass is 9.78. The highest BCUT2D eigenvalue weighted by Gasteiger charge is 2.65. The Morgan fingerprint density at radius 3 is 2.45 bits per heavy atom. The van der Waals surface area contributed by atoms with Crippen molar-refractivity contribution in [2.75, 3.05) is 6.61 Å².